The number of ether oxygens (including phenoxy) is 1. The second-order valence-electron chi connectivity index (χ2n) is 9.34. The van der Waals surface area contributed by atoms with Crippen LogP contribution in [0.1, 0.15) is 20.8 Å². The summed E-state index contributed by atoms with van der Waals surface area (Å²) in [7, 11) is 0. The molecule has 5 N–H and O–H groups in total. The first-order valence-corrected chi connectivity index (χ1v) is 11.5. The zero-order chi connectivity index (χ0) is 26.0. The lowest BCUT2D eigenvalue weighted by Crippen LogP contribution is -2.27. The highest BCUT2D eigenvalue weighted by molar-refractivity contribution is 5.97. The number of aromatic nitrogens is 4. The van der Waals surface area contributed by atoms with Crippen LogP contribution in [-0.4, -0.2) is 31.6 Å². The number of hydrogen-bond acceptors (Lipinski definition) is 7. The summed E-state index contributed by atoms with van der Waals surface area (Å²) >= 11 is 0. The number of nitrogens with two attached hydrogens (primary N) is 1. The van der Waals surface area contributed by atoms with Gasteiger partial charge in [0.2, 0.25) is 0 Å². The number of carbonyl (C=O) groups excluding carboxylic acids is 1. The van der Waals surface area contributed by atoms with Gasteiger partial charge in [-0.15, -0.1) is 12.4 Å². The zero-order valence-corrected chi connectivity index (χ0v) is 21.8. The minimum Gasteiger partial charge on any atom is -0.472 e. The molecule has 0 radical (unpaired) electrons. The van der Waals surface area contributed by atoms with Crippen molar-refractivity contribution in [2.75, 3.05) is 11.1 Å². The van der Waals surface area contributed by atoms with Crippen LogP contribution in [0.2, 0.25) is 0 Å². The Balaban J connectivity index is 0.000000184. The van der Waals surface area contributed by atoms with E-state index in [1.165, 1.54) is 0 Å². The van der Waals surface area contributed by atoms with E-state index in [2.05, 4.69) is 25.3 Å². The third-order valence-corrected chi connectivity index (χ3v) is 5.39. The number of fused-ring (bicyclic) bond motifs is 2. The third kappa shape index (κ3) is 5.81. The maximum absolute atomic E-state index is 11.8. The van der Waals surface area contributed by atoms with Crippen LogP contribution in [-0.2, 0) is 4.74 Å². The van der Waals surface area contributed by atoms with E-state index in [9.17, 15) is 4.79 Å². The highest BCUT2D eigenvalue weighted by atomic mass is 35.5. The number of nitrogens with one attached hydrogen (secondary N) is 3. The summed E-state index contributed by atoms with van der Waals surface area (Å²) < 4.78 is 15.4. The van der Waals surface area contributed by atoms with Gasteiger partial charge in [0.15, 0.2) is 0 Å². The molecule has 1 amide bonds. The molecule has 6 aromatic heterocycles. The number of furan rings is 2. The number of rotatable bonds is 3. The van der Waals surface area contributed by atoms with Crippen LogP contribution >= 0.6 is 12.4 Å². The van der Waals surface area contributed by atoms with E-state index >= 15 is 0 Å². The van der Waals surface area contributed by atoms with E-state index in [0.29, 0.717) is 11.4 Å². The molecular weight excluding hydrogens is 508 g/mol. The summed E-state index contributed by atoms with van der Waals surface area (Å²) in [6.07, 6.45) is 13.1. The minimum atomic E-state index is -0.544. The second kappa shape index (κ2) is 10.7. The Kier molecular flexibility index (Phi) is 7.45. The maximum atomic E-state index is 11.8. The van der Waals surface area contributed by atoms with Crippen molar-refractivity contribution in [2.45, 2.75) is 26.4 Å². The Hall–Kier alpha value is -4.70. The maximum Gasteiger partial charge on any atom is 0.412 e. The Labute approximate surface area is 224 Å². The second-order valence-corrected chi connectivity index (χ2v) is 9.34. The number of nitrogen functional groups attached to an aromatic ring is 1. The van der Waals surface area contributed by atoms with Crippen molar-refractivity contribution in [1.82, 2.24) is 19.9 Å². The number of halogens is 1. The normalized spacial score (nSPS) is 11.0. The summed E-state index contributed by atoms with van der Waals surface area (Å²) in [5, 5.41) is 4.60. The monoisotopic (exact) mass is 534 g/mol. The Bertz CT molecular complexity index is 1650. The fourth-order valence-electron chi connectivity index (χ4n) is 3.83. The first kappa shape index (κ1) is 26.4. The number of hydrogen-bond donors (Lipinski definition) is 4. The minimum absolute atomic E-state index is 0. The number of anilines is 2. The molecule has 11 heteroatoms. The third-order valence-electron chi connectivity index (χ3n) is 5.39. The predicted octanol–water partition coefficient (Wildman–Crippen LogP) is 7.00. The van der Waals surface area contributed by atoms with E-state index in [4.69, 9.17) is 19.3 Å². The molecule has 0 aromatic carbocycles. The number of H-pyrrole nitrogens is 2. The van der Waals surface area contributed by atoms with E-state index in [1.807, 2.05) is 57.4 Å². The van der Waals surface area contributed by atoms with Gasteiger partial charge in [0, 0.05) is 45.4 Å². The number of pyridine rings is 2. The van der Waals surface area contributed by atoms with Crippen molar-refractivity contribution in [3.8, 4) is 22.3 Å². The molecule has 0 saturated carbocycles. The summed E-state index contributed by atoms with van der Waals surface area (Å²) in [5.74, 6) is 0. The molecule has 0 atom stereocenters. The summed E-state index contributed by atoms with van der Waals surface area (Å²) in [4.78, 5) is 26.5. The van der Waals surface area contributed by atoms with Crippen molar-refractivity contribution in [1.29, 1.82) is 0 Å². The molecule has 0 saturated heterocycles. The van der Waals surface area contributed by atoms with Gasteiger partial charge in [-0.25, -0.2) is 14.8 Å². The number of aromatic amines is 2. The molecule has 0 fully saturated rings. The predicted molar refractivity (Wildman–Crippen MR) is 149 cm³/mol. The van der Waals surface area contributed by atoms with Crippen LogP contribution in [0.3, 0.4) is 0 Å². The van der Waals surface area contributed by atoms with E-state index < -0.39 is 11.7 Å². The number of amides is 1. The van der Waals surface area contributed by atoms with Crippen molar-refractivity contribution in [3.63, 3.8) is 0 Å². The molecule has 6 heterocycles. The molecule has 6 aromatic rings. The molecule has 196 valence electrons. The lowest BCUT2D eigenvalue weighted by Gasteiger charge is -2.19. The van der Waals surface area contributed by atoms with Crippen LogP contribution in [0.25, 0.3) is 44.3 Å². The van der Waals surface area contributed by atoms with E-state index in [-0.39, 0.29) is 12.4 Å². The largest absolute Gasteiger partial charge is 0.472 e. The Morgan fingerprint density at radius 3 is 2.00 bits per heavy atom. The lowest BCUT2D eigenvalue weighted by molar-refractivity contribution is 0.0636. The van der Waals surface area contributed by atoms with Crippen LogP contribution in [0.15, 0.2) is 82.9 Å². The number of carbonyl (C=O) groups is 1. The smallest absolute Gasteiger partial charge is 0.412 e. The van der Waals surface area contributed by atoms with Crippen molar-refractivity contribution < 1.29 is 18.4 Å². The van der Waals surface area contributed by atoms with Gasteiger partial charge >= 0.3 is 6.09 Å². The Morgan fingerprint density at radius 1 is 0.921 bits per heavy atom. The van der Waals surface area contributed by atoms with Crippen LogP contribution in [0.4, 0.5) is 16.2 Å². The molecule has 10 nitrogen and oxygen atoms in total. The average molecular weight is 535 g/mol. The quantitative estimate of drug-likeness (QED) is 0.191. The van der Waals surface area contributed by atoms with Gasteiger partial charge in [-0.2, -0.15) is 0 Å². The van der Waals surface area contributed by atoms with Crippen LogP contribution in [0.5, 0.6) is 0 Å². The molecule has 0 aliphatic carbocycles. The summed E-state index contributed by atoms with van der Waals surface area (Å²) in [5.41, 5.74) is 12.0. The van der Waals surface area contributed by atoms with Gasteiger partial charge in [0.25, 0.3) is 0 Å². The molecule has 38 heavy (non-hydrogen) atoms. The lowest BCUT2D eigenvalue weighted by atomic mass is 10.1. The molecule has 6 rings (SSSR count). The van der Waals surface area contributed by atoms with Crippen molar-refractivity contribution in [2.24, 2.45) is 0 Å². The highest BCUT2D eigenvalue weighted by Crippen LogP contribution is 2.30. The molecule has 0 spiro atoms. The fraction of sp³-hybridized carbons (Fsp3) is 0.148. The average Bonchev–Trinajstić information content (AvgIpc) is 3.64. The van der Waals surface area contributed by atoms with Gasteiger partial charge in [-0.05, 0) is 45.0 Å². The first-order chi connectivity index (χ1) is 17.8. The zero-order valence-electron chi connectivity index (χ0n) is 20.9. The molecule has 0 aliphatic rings. The standard InChI is InChI=1S/C16H17N3O3.C11H9N3O.ClH/c1-16(2,3)22-15(20)19-11-6-12-13(10-4-5-21-9-10)8-18-14(12)17-7-11;12-8-3-9-10(7-1-2-15-6-7)5-14-11(9)13-4-8;/h4-9H,1-3H3,(H,17,18)(H,19,20);1-6H,12H2,(H,13,14);1H. The summed E-state index contributed by atoms with van der Waals surface area (Å²) in [6, 6.07) is 7.54. The molecule has 0 unspecified atom stereocenters. The molecule has 0 bridgehead atoms. The van der Waals surface area contributed by atoms with Crippen LogP contribution < -0.4 is 11.1 Å². The van der Waals surface area contributed by atoms with Crippen LogP contribution in [0, 0.1) is 0 Å². The first-order valence-electron chi connectivity index (χ1n) is 11.5. The van der Waals surface area contributed by atoms with Gasteiger partial charge in [0.1, 0.15) is 16.9 Å². The molecule has 0 aliphatic heterocycles. The SMILES string of the molecule is CC(C)(C)OC(=O)Nc1cnc2[nH]cc(-c3ccoc3)c2c1.Cl.Nc1cnc2[nH]cc(-c3ccoc3)c2c1. The van der Waals surface area contributed by atoms with E-state index in [1.54, 1.807) is 37.4 Å². The van der Waals surface area contributed by atoms with Crippen molar-refractivity contribution in [3.05, 3.63) is 74.1 Å². The van der Waals surface area contributed by atoms with Gasteiger partial charge in [0.05, 0.1) is 48.8 Å². The topological polar surface area (TPSA) is 148 Å². The highest BCUT2D eigenvalue weighted by Gasteiger charge is 2.17. The Morgan fingerprint density at radius 2 is 1.47 bits per heavy atom. The van der Waals surface area contributed by atoms with Crippen molar-refractivity contribution >= 4 is 51.9 Å². The van der Waals surface area contributed by atoms with Gasteiger partial charge in [-0.3, -0.25) is 5.32 Å². The van der Waals surface area contributed by atoms with Gasteiger partial charge in [-0.1, -0.05) is 0 Å². The molecular formula is C27H27ClN6O4. The fourth-order valence-corrected chi connectivity index (χ4v) is 3.83. The number of nitrogens with zero attached hydrogens (tertiary/aromatic N) is 2. The van der Waals surface area contributed by atoms with E-state index in [0.717, 1.165) is 44.3 Å². The summed E-state index contributed by atoms with van der Waals surface area (Å²) in [6.45, 7) is 5.45. The van der Waals surface area contributed by atoms with Gasteiger partial charge < -0.3 is 29.3 Å².